The van der Waals surface area contributed by atoms with E-state index in [1.54, 1.807) is 6.92 Å². The first-order valence-corrected chi connectivity index (χ1v) is 6.08. The maximum Gasteiger partial charge on any atom is 0.329 e. The van der Waals surface area contributed by atoms with Crippen molar-refractivity contribution in [1.82, 2.24) is 5.32 Å². The summed E-state index contributed by atoms with van der Waals surface area (Å²) in [5, 5.41) is 11.9. The molecule has 1 rings (SSSR count). The Morgan fingerprint density at radius 1 is 1.47 bits per heavy atom. The van der Waals surface area contributed by atoms with Gasteiger partial charge in [0.1, 0.15) is 5.54 Å². The fourth-order valence-electron chi connectivity index (χ4n) is 2.02. The van der Waals surface area contributed by atoms with Gasteiger partial charge in [-0.2, -0.15) is 0 Å². The van der Waals surface area contributed by atoms with Gasteiger partial charge < -0.3 is 16.2 Å². The van der Waals surface area contributed by atoms with Gasteiger partial charge in [-0.25, -0.2) is 4.79 Å². The van der Waals surface area contributed by atoms with E-state index in [9.17, 15) is 14.7 Å². The second-order valence-corrected chi connectivity index (χ2v) is 5.36. The monoisotopic (exact) mass is 242 g/mol. The third kappa shape index (κ3) is 2.97. The molecule has 17 heavy (non-hydrogen) atoms. The SMILES string of the molecule is CC(C)C(CN)C(=O)NC(C)(C(=O)O)C1CC1. The highest BCUT2D eigenvalue weighted by Gasteiger charge is 2.49. The van der Waals surface area contributed by atoms with Crippen LogP contribution in [0.15, 0.2) is 0 Å². The summed E-state index contributed by atoms with van der Waals surface area (Å²) >= 11 is 0. The lowest BCUT2D eigenvalue weighted by atomic mass is 9.91. The average molecular weight is 242 g/mol. The number of carbonyl (C=O) groups is 2. The topological polar surface area (TPSA) is 92.4 Å². The minimum Gasteiger partial charge on any atom is -0.480 e. The van der Waals surface area contributed by atoms with Crippen molar-refractivity contribution in [3.8, 4) is 0 Å². The Balaban J connectivity index is 2.74. The van der Waals surface area contributed by atoms with Crippen LogP contribution >= 0.6 is 0 Å². The van der Waals surface area contributed by atoms with E-state index >= 15 is 0 Å². The molecule has 1 saturated carbocycles. The molecule has 0 aromatic carbocycles. The zero-order chi connectivity index (χ0) is 13.2. The van der Waals surface area contributed by atoms with Crippen LogP contribution in [0.2, 0.25) is 0 Å². The van der Waals surface area contributed by atoms with Gasteiger partial charge in [-0.3, -0.25) is 4.79 Å². The minimum absolute atomic E-state index is 0.0505. The quantitative estimate of drug-likeness (QED) is 0.635. The summed E-state index contributed by atoms with van der Waals surface area (Å²) in [6.45, 7) is 5.64. The Morgan fingerprint density at radius 2 is 2.00 bits per heavy atom. The zero-order valence-electron chi connectivity index (χ0n) is 10.7. The normalized spacial score (nSPS) is 20.8. The second-order valence-electron chi connectivity index (χ2n) is 5.36. The lowest BCUT2D eigenvalue weighted by molar-refractivity contribution is -0.148. The molecule has 5 nitrogen and oxygen atoms in total. The van der Waals surface area contributed by atoms with E-state index in [-0.39, 0.29) is 30.2 Å². The van der Waals surface area contributed by atoms with Gasteiger partial charge in [-0.15, -0.1) is 0 Å². The number of carbonyl (C=O) groups excluding carboxylic acids is 1. The molecular weight excluding hydrogens is 220 g/mol. The molecule has 1 aliphatic rings. The van der Waals surface area contributed by atoms with Crippen molar-refractivity contribution in [3.05, 3.63) is 0 Å². The lowest BCUT2D eigenvalue weighted by Gasteiger charge is -2.29. The van der Waals surface area contributed by atoms with Crippen LogP contribution in [0.3, 0.4) is 0 Å². The zero-order valence-corrected chi connectivity index (χ0v) is 10.7. The molecule has 98 valence electrons. The van der Waals surface area contributed by atoms with Gasteiger partial charge in [0.25, 0.3) is 0 Å². The summed E-state index contributed by atoms with van der Waals surface area (Å²) < 4.78 is 0. The van der Waals surface area contributed by atoms with Crippen molar-refractivity contribution in [2.45, 2.75) is 39.2 Å². The molecule has 1 fully saturated rings. The van der Waals surface area contributed by atoms with E-state index in [4.69, 9.17) is 5.73 Å². The van der Waals surface area contributed by atoms with E-state index in [0.717, 1.165) is 12.8 Å². The van der Waals surface area contributed by atoms with Crippen LogP contribution in [0, 0.1) is 17.8 Å². The Morgan fingerprint density at radius 3 is 2.29 bits per heavy atom. The van der Waals surface area contributed by atoms with Gasteiger partial charge >= 0.3 is 5.97 Å². The summed E-state index contributed by atoms with van der Waals surface area (Å²) in [4.78, 5) is 23.3. The first-order chi connectivity index (χ1) is 7.82. The summed E-state index contributed by atoms with van der Waals surface area (Å²) in [6.07, 6.45) is 1.72. The van der Waals surface area contributed by atoms with E-state index in [1.807, 2.05) is 13.8 Å². The maximum absolute atomic E-state index is 12.0. The molecule has 1 amide bonds. The van der Waals surface area contributed by atoms with Crippen molar-refractivity contribution >= 4 is 11.9 Å². The highest BCUT2D eigenvalue weighted by molar-refractivity contribution is 5.88. The van der Waals surface area contributed by atoms with Gasteiger partial charge in [0, 0.05) is 6.54 Å². The number of hydrogen-bond donors (Lipinski definition) is 3. The Bertz CT molecular complexity index is 313. The highest BCUT2D eigenvalue weighted by atomic mass is 16.4. The number of nitrogens with two attached hydrogens (primary N) is 1. The number of carboxylic acid groups (broad SMARTS) is 1. The number of nitrogens with one attached hydrogen (secondary N) is 1. The molecule has 0 aromatic heterocycles. The summed E-state index contributed by atoms with van der Waals surface area (Å²) in [6, 6.07) is 0. The van der Waals surface area contributed by atoms with Crippen molar-refractivity contribution in [1.29, 1.82) is 0 Å². The van der Waals surface area contributed by atoms with Gasteiger partial charge in [-0.1, -0.05) is 13.8 Å². The van der Waals surface area contributed by atoms with Gasteiger partial charge in [-0.05, 0) is 31.6 Å². The van der Waals surface area contributed by atoms with Crippen LogP contribution in [-0.2, 0) is 9.59 Å². The predicted octanol–water partition coefficient (Wildman–Crippen LogP) is 0.587. The number of carboxylic acids is 1. The van der Waals surface area contributed by atoms with Crippen LogP contribution in [-0.4, -0.2) is 29.1 Å². The van der Waals surface area contributed by atoms with E-state index in [1.165, 1.54) is 0 Å². The Kier molecular flexibility index (Phi) is 4.14. The fraction of sp³-hybridized carbons (Fsp3) is 0.833. The molecule has 0 spiro atoms. The molecule has 0 saturated heterocycles. The third-order valence-corrected chi connectivity index (χ3v) is 3.62. The summed E-state index contributed by atoms with van der Waals surface area (Å²) in [7, 11) is 0. The highest BCUT2D eigenvalue weighted by Crippen LogP contribution is 2.39. The fourth-order valence-corrected chi connectivity index (χ4v) is 2.02. The van der Waals surface area contributed by atoms with E-state index in [2.05, 4.69) is 5.32 Å². The molecule has 0 aliphatic heterocycles. The van der Waals surface area contributed by atoms with Gasteiger partial charge in [0.05, 0.1) is 5.92 Å². The van der Waals surface area contributed by atoms with Crippen LogP contribution in [0.4, 0.5) is 0 Å². The van der Waals surface area contributed by atoms with Crippen molar-refractivity contribution < 1.29 is 14.7 Å². The van der Waals surface area contributed by atoms with E-state index < -0.39 is 11.5 Å². The summed E-state index contributed by atoms with van der Waals surface area (Å²) in [5.74, 6) is -1.38. The van der Waals surface area contributed by atoms with Crippen LogP contribution in [0.25, 0.3) is 0 Å². The molecule has 0 heterocycles. The third-order valence-electron chi connectivity index (χ3n) is 3.62. The first-order valence-electron chi connectivity index (χ1n) is 6.08. The molecule has 4 N–H and O–H groups in total. The van der Waals surface area contributed by atoms with Gasteiger partial charge in [0.2, 0.25) is 5.91 Å². The molecule has 1 aliphatic carbocycles. The predicted molar refractivity (Wildman–Crippen MR) is 64.3 cm³/mol. The minimum atomic E-state index is -1.14. The van der Waals surface area contributed by atoms with Crippen molar-refractivity contribution in [2.75, 3.05) is 6.54 Å². The van der Waals surface area contributed by atoms with Gasteiger partial charge in [0.15, 0.2) is 0 Å². The van der Waals surface area contributed by atoms with Crippen molar-refractivity contribution in [2.24, 2.45) is 23.5 Å². The molecule has 0 aromatic rings. The number of amides is 1. The molecule has 0 radical (unpaired) electrons. The maximum atomic E-state index is 12.0. The lowest BCUT2D eigenvalue weighted by Crippen LogP contribution is -2.56. The van der Waals surface area contributed by atoms with Crippen molar-refractivity contribution in [3.63, 3.8) is 0 Å². The molecule has 0 bridgehead atoms. The smallest absolute Gasteiger partial charge is 0.329 e. The number of hydrogen-bond acceptors (Lipinski definition) is 3. The largest absolute Gasteiger partial charge is 0.480 e. The van der Waals surface area contributed by atoms with Crippen LogP contribution in [0.5, 0.6) is 0 Å². The Labute approximate surface area is 102 Å². The first kappa shape index (κ1) is 14.0. The molecule has 2 unspecified atom stereocenters. The molecule has 2 atom stereocenters. The summed E-state index contributed by atoms with van der Waals surface area (Å²) in [5.41, 5.74) is 4.41. The molecular formula is C12H22N2O3. The average Bonchev–Trinajstić information content (AvgIpc) is 3.00. The number of rotatable bonds is 6. The standard InChI is InChI=1S/C12H22N2O3/c1-7(2)9(6-13)10(15)14-12(3,11(16)17)8-4-5-8/h7-9H,4-6,13H2,1-3H3,(H,14,15)(H,16,17). The molecule has 5 heteroatoms. The van der Waals surface area contributed by atoms with Crippen LogP contribution < -0.4 is 11.1 Å². The Hall–Kier alpha value is -1.10. The second kappa shape index (κ2) is 5.04. The van der Waals surface area contributed by atoms with E-state index in [0.29, 0.717) is 0 Å². The number of aliphatic carboxylic acids is 1. The van der Waals surface area contributed by atoms with Crippen LogP contribution in [0.1, 0.15) is 33.6 Å².